The first-order chi connectivity index (χ1) is 11.8. The first-order valence-corrected chi connectivity index (χ1v) is 8.92. The molecule has 7 nitrogen and oxygen atoms in total. The van der Waals surface area contributed by atoms with Gasteiger partial charge in [-0.15, -0.1) is 0 Å². The monoisotopic (exact) mass is 353 g/mol. The Kier molecular flexibility index (Phi) is 8.61. The highest BCUT2D eigenvalue weighted by molar-refractivity contribution is 5.89. The SMILES string of the molecule is CCOC(=O)C1=CC(OC(CC)CC)C(NC(C)=O)C(N=C(C)N)C1. The van der Waals surface area contributed by atoms with Crippen molar-refractivity contribution in [3.63, 3.8) is 0 Å². The summed E-state index contributed by atoms with van der Waals surface area (Å²) in [4.78, 5) is 28.3. The maximum atomic E-state index is 12.2. The van der Waals surface area contributed by atoms with E-state index in [-0.39, 0.29) is 30.1 Å². The fourth-order valence-corrected chi connectivity index (χ4v) is 2.94. The highest BCUT2D eigenvalue weighted by Crippen LogP contribution is 2.27. The number of esters is 1. The molecular weight excluding hydrogens is 322 g/mol. The highest BCUT2D eigenvalue weighted by Gasteiger charge is 2.37. The zero-order chi connectivity index (χ0) is 19.0. The number of nitrogens with one attached hydrogen (secondary N) is 1. The Labute approximate surface area is 150 Å². The minimum Gasteiger partial charge on any atom is -0.463 e. The summed E-state index contributed by atoms with van der Waals surface area (Å²) < 4.78 is 11.3. The minimum absolute atomic E-state index is 0.0302. The number of ether oxygens (including phenoxy) is 2. The number of nitrogens with zero attached hydrogens (tertiary/aromatic N) is 1. The largest absolute Gasteiger partial charge is 0.463 e. The van der Waals surface area contributed by atoms with Gasteiger partial charge in [-0.1, -0.05) is 13.8 Å². The van der Waals surface area contributed by atoms with Gasteiger partial charge in [0.15, 0.2) is 0 Å². The number of rotatable bonds is 8. The van der Waals surface area contributed by atoms with Crippen molar-refractivity contribution in [1.82, 2.24) is 5.32 Å². The van der Waals surface area contributed by atoms with Gasteiger partial charge in [0.05, 0.1) is 36.7 Å². The molecule has 142 valence electrons. The number of carbonyl (C=O) groups excluding carboxylic acids is 2. The molecule has 1 aliphatic carbocycles. The third-order valence-corrected chi connectivity index (χ3v) is 4.10. The lowest BCUT2D eigenvalue weighted by atomic mass is 9.87. The predicted octanol–water partition coefficient (Wildman–Crippen LogP) is 1.70. The molecule has 3 N–H and O–H groups in total. The summed E-state index contributed by atoms with van der Waals surface area (Å²) >= 11 is 0. The van der Waals surface area contributed by atoms with Crippen molar-refractivity contribution in [3.8, 4) is 0 Å². The molecule has 0 bridgehead atoms. The fourth-order valence-electron chi connectivity index (χ4n) is 2.94. The molecule has 25 heavy (non-hydrogen) atoms. The van der Waals surface area contributed by atoms with Crippen LogP contribution in [0.2, 0.25) is 0 Å². The molecule has 0 aromatic heterocycles. The van der Waals surface area contributed by atoms with Crippen LogP contribution in [-0.4, -0.2) is 48.6 Å². The van der Waals surface area contributed by atoms with E-state index >= 15 is 0 Å². The smallest absolute Gasteiger partial charge is 0.333 e. The molecule has 0 saturated carbocycles. The van der Waals surface area contributed by atoms with Crippen LogP contribution in [0.4, 0.5) is 0 Å². The standard InChI is InChI=1S/C18H31N3O4/c1-6-14(7-2)25-16-10-13(18(23)24-8-3)9-15(20-11(4)19)17(16)21-12(5)22/h10,14-17H,6-9H2,1-5H3,(H2,19,20)(H,21,22). The van der Waals surface area contributed by atoms with Crippen molar-refractivity contribution in [3.05, 3.63) is 11.6 Å². The van der Waals surface area contributed by atoms with E-state index in [4.69, 9.17) is 15.2 Å². The third kappa shape index (κ3) is 6.49. The van der Waals surface area contributed by atoms with E-state index in [1.165, 1.54) is 6.92 Å². The Morgan fingerprint density at radius 2 is 1.96 bits per heavy atom. The summed E-state index contributed by atoms with van der Waals surface area (Å²) in [7, 11) is 0. The Hall–Kier alpha value is -1.89. The van der Waals surface area contributed by atoms with E-state index in [1.807, 2.05) is 13.8 Å². The van der Waals surface area contributed by atoms with Gasteiger partial charge in [-0.05, 0) is 32.8 Å². The molecule has 1 aliphatic rings. The average Bonchev–Trinajstić information content (AvgIpc) is 2.54. The molecule has 3 atom stereocenters. The number of amides is 1. The summed E-state index contributed by atoms with van der Waals surface area (Å²) in [5, 5.41) is 2.91. The summed E-state index contributed by atoms with van der Waals surface area (Å²) in [6, 6.07) is -0.757. The minimum atomic E-state index is -0.463. The second kappa shape index (κ2) is 10.2. The van der Waals surface area contributed by atoms with Crippen molar-refractivity contribution in [2.24, 2.45) is 10.7 Å². The van der Waals surface area contributed by atoms with Gasteiger partial charge in [-0.2, -0.15) is 0 Å². The highest BCUT2D eigenvalue weighted by atomic mass is 16.5. The molecule has 0 spiro atoms. The molecule has 3 unspecified atom stereocenters. The van der Waals surface area contributed by atoms with Crippen LogP contribution in [0.15, 0.2) is 16.6 Å². The van der Waals surface area contributed by atoms with Crippen molar-refractivity contribution in [1.29, 1.82) is 0 Å². The van der Waals surface area contributed by atoms with Crippen molar-refractivity contribution in [2.45, 2.75) is 78.2 Å². The molecule has 0 fully saturated rings. The second-order valence-electron chi connectivity index (χ2n) is 6.22. The van der Waals surface area contributed by atoms with E-state index < -0.39 is 6.10 Å². The molecular formula is C18H31N3O4. The van der Waals surface area contributed by atoms with Gasteiger partial charge in [0, 0.05) is 18.9 Å². The van der Waals surface area contributed by atoms with Gasteiger partial charge in [0.2, 0.25) is 5.91 Å². The van der Waals surface area contributed by atoms with E-state index in [0.717, 1.165) is 12.8 Å². The summed E-state index contributed by atoms with van der Waals surface area (Å²) in [6.45, 7) is 9.28. The van der Waals surface area contributed by atoms with Gasteiger partial charge >= 0.3 is 5.97 Å². The maximum absolute atomic E-state index is 12.2. The van der Waals surface area contributed by atoms with Crippen molar-refractivity contribution < 1.29 is 19.1 Å². The van der Waals surface area contributed by atoms with Gasteiger partial charge in [0.1, 0.15) is 0 Å². The quantitative estimate of drug-likeness (QED) is 0.393. The Bertz CT molecular complexity index is 522. The number of hydrogen-bond donors (Lipinski definition) is 2. The van der Waals surface area contributed by atoms with Crippen LogP contribution in [0.5, 0.6) is 0 Å². The normalized spacial score (nSPS) is 24.0. The van der Waals surface area contributed by atoms with Crippen LogP contribution in [-0.2, 0) is 19.1 Å². The number of hydrogen-bond acceptors (Lipinski definition) is 5. The van der Waals surface area contributed by atoms with Gasteiger partial charge < -0.3 is 20.5 Å². The fraction of sp³-hybridized carbons (Fsp3) is 0.722. The zero-order valence-electron chi connectivity index (χ0n) is 15.9. The van der Waals surface area contributed by atoms with Crippen LogP contribution >= 0.6 is 0 Å². The number of aliphatic imine (C=N–C) groups is 1. The first-order valence-electron chi connectivity index (χ1n) is 8.92. The molecule has 1 amide bonds. The number of carbonyl (C=O) groups is 2. The maximum Gasteiger partial charge on any atom is 0.333 e. The number of nitrogens with two attached hydrogens (primary N) is 1. The van der Waals surface area contributed by atoms with E-state index in [0.29, 0.717) is 24.4 Å². The molecule has 0 saturated heterocycles. The average molecular weight is 353 g/mol. The van der Waals surface area contributed by atoms with Crippen molar-refractivity contribution in [2.75, 3.05) is 6.61 Å². The summed E-state index contributed by atoms with van der Waals surface area (Å²) in [6.07, 6.45) is 3.35. The van der Waals surface area contributed by atoms with Crippen molar-refractivity contribution >= 4 is 17.7 Å². The van der Waals surface area contributed by atoms with Crippen LogP contribution in [0.3, 0.4) is 0 Å². The Balaban J connectivity index is 3.22. The lowest BCUT2D eigenvalue weighted by molar-refractivity contribution is -0.139. The predicted molar refractivity (Wildman–Crippen MR) is 97.3 cm³/mol. The van der Waals surface area contributed by atoms with Gasteiger partial charge in [0.25, 0.3) is 0 Å². The van der Waals surface area contributed by atoms with E-state index in [2.05, 4.69) is 10.3 Å². The first kappa shape index (κ1) is 21.2. The lowest BCUT2D eigenvalue weighted by Gasteiger charge is -2.36. The molecule has 0 aliphatic heterocycles. The molecule has 0 aromatic carbocycles. The third-order valence-electron chi connectivity index (χ3n) is 4.10. The summed E-state index contributed by atoms with van der Waals surface area (Å²) in [5.41, 5.74) is 6.27. The molecule has 0 heterocycles. The van der Waals surface area contributed by atoms with E-state index in [9.17, 15) is 9.59 Å². The van der Waals surface area contributed by atoms with Crippen LogP contribution in [0.1, 0.15) is 53.9 Å². The van der Waals surface area contributed by atoms with Gasteiger partial charge in [-0.25, -0.2) is 4.79 Å². The lowest BCUT2D eigenvalue weighted by Crippen LogP contribution is -2.53. The van der Waals surface area contributed by atoms with Crippen LogP contribution in [0, 0.1) is 0 Å². The molecule has 0 radical (unpaired) electrons. The topological polar surface area (TPSA) is 103 Å². The molecule has 1 rings (SSSR count). The Morgan fingerprint density at radius 1 is 1.32 bits per heavy atom. The van der Waals surface area contributed by atoms with E-state index in [1.54, 1.807) is 19.9 Å². The second-order valence-corrected chi connectivity index (χ2v) is 6.22. The summed E-state index contributed by atoms with van der Waals surface area (Å²) in [5.74, 6) is -0.158. The molecule has 7 heteroatoms. The van der Waals surface area contributed by atoms with Crippen LogP contribution < -0.4 is 11.1 Å². The zero-order valence-corrected chi connectivity index (χ0v) is 15.9. The Morgan fingerprint density at radius 3 is 2.44 bits per heavy atom. The number of amidine groups is 1. The van der Waals surface area contributed by atoms with Crippen LogP contribution in [0.25, 0.3) is 0 Å². The van der Waals surface area contributed by atoms with Gasteiger partial charge in [-0.3, -0.25) is 9.79 Å². The molecule has 0 aromatic rings.